The molecule has 3 rings (SSSR count). The smallest absolute Gasteiger partial charge is 0.222 e. The summed E-state index contributed by atoms with van der Waals surface area (Å²) < 4.78 is 5.74. The van der Waals surface area contributed by atoms with E-state index >= 15 is 0 Å². The zero-order valence-electron chi connectivity index (χ0n) is 12.1. The van der Waals surface area contributed by atoms with Gasteiger partial charge in [0.2, 0.25) is 11.8 Å². The number of oxazole rings is 1. The number of rotatable bonds is 3. The zero-order valence-corrected chi connectivity index (χ0v) is 12.1. The molecule has 6 nitrogen and oxygen atoms in total. The third-order valence-electron chi connectivity index (χ3n) is 4.06. The Hall–Kier alpha value is -2.08. The fourth-order valence-corrected chi connectivity index (χ4v) is 2.83. The Morgan fingerprint density at radius 2 is 2.24 bits per heavy atom. The van der Waals surface area contributed by atoms with Crippen molar-refractivity contribution in [2.75, 3.05) is 25.9 Å². The third kappa shape index (κ3) is 2.85. The molecule has 1 aliphatic rings. The molecule has 2 aromatic rings. The largest absolute Gasteiger partial charge is 0.439 e. The van der Waals surface area contributed by atoms with Crippen LogP contribution in [0.25, 0.3) is 11.1 Å². The predicted molar refractivity (Wildman–Crippen MR) is 80.5 cm³/mol. The van der Waals surface area contributed by atoms with Gasteiger partial charge in [0.25, 0.3) is 0 Å². The minimum Gasteiger partial charge on any atom is -0.439 e. The van der Waals surface area contributed by atoms with Crippen molar-refractivity contribution in [2.45, 2.75) is 19.4 Å². The molecule has 0 radical (unpaired) electrons. The summed E-state index contributed by atoms with van der Waals surface area (Å²) in [5.74, 6) is 0.955. The number of piperidine rings is 1. The first-order valence-corrected chi connectivity index (χ1v) is 7.25. The van der Waals surface area contributed by atoms with Crippen LogP contribution in [0.3, 0.4) is 0 Å². The average molecular weight is 288 g/mol. The Morgan fingerprint density at radius 3 is 2.90 bits per heavy atom. The van der Waals surface area contributed by atoms with Crippen molar-refractivity contribution in [3.63, 3.8) is 0 Å². The topological polar surface area (TPSA) is 84.4 Å². The fourth-order valence-electron chi connectivity index (χ4n) is 2.83. The predicted octanol–water partition coefficient (Wildman–Crippen LogP) is 1.37. The average Bonchev–Trinajstić information content (AvgIpc) is 2.91. The fraction of sp³-hybridized carbons (Fsp3) is 0.467. The summed E-state index contributed by atoms with van der Waals surface area (Å²) in [6.07, 6.45) is 1.75. The number of carbonyl (C=O) groups excluding carboxylic acids is 1. The second kappa shape index (κ2) is 5.73. The zero-order chi connectivity index (χ0) is 14.8. The highest BCUT2D eigenvalue weighted by Crippen LogP contribution is 2.23. The van der Waals surface area contributed by atoms with Crippen LogP contribution in [0.15, 0.2) is 22.6 Å². The molecule has 112 valence electrons. The number of anilines is 1. The van der Waals surface area contributed by atoms with Crippen molar-refractivity contribution in [1.82, 2.24) is 15.2 Å². The SMILES string of the molecule is CNC(=O)C1CCN(Cc2nc3c(N)cccc3o2)CC1. The van der Waals surface area contributed by atoms with Gasteiger partial charge in [-0.3, -0.25) is 9.69 Å². The van der Waals surface area contributed by atoms with Gasteiger partial charge in [-0.25, -0.2) is 4.98 Å². The van der Waals surface area contributed by atoms with Crippen LogP contribution in [0.1, 0.15) is 18.7 Å². The molecule has 0 bridgehead atoms. The summed E-state index contributed by atoms with van der Waals surface area (Å²) in [7, 11) is 1.69. The highest BCUT2D eigenvalue weighted by atomic mass is 16.3. The number of amides is 1. The number of nitrogens with two attached hydrogens (primary N) is 1. The van der Waals surface area contributed by atoms with E-state index in [1.54, 1.807) is 7.05 Å². The monoisotopic (exact) mass is 288 g/mol. The Morgan fingerprint density at radius 1 is 1.48 bits per heavy atom. The van der Waals surface area contributed by atoms with Gasteiger partial charge in [0.1, 0.15) is 5.52 Å². The van der Waals surface area contributed by atoms with Crippen LogP contribution < -0.4 is 11.1 Å². The number of aromatic nitrogens is 1. The molecule has 0 unspecified atom stereocenters. The maximum absolute atomic E-state index is 11.6. The van der Waals surface area contributed by atoms with E-state index in [2.05, 4.69) is 15.2 Å². The number of likely N-dealkylation sites (tertiary alicyclic amines) is 1. The molecule has 21 heavy (non-hydrogen) atoms. The van der Waals surface area contributed by atoms with E-state index in [-0.39, 0.29) is 11.8 Å². The van der Waals surface area contributed by atoms with Gasteiger partial charge in [0, 0.05) is 13.0 Å². The highest BCUT2D eigenvalue weighted by Gasteiger charge is 2.25. The van der Waals surface area contributed by atoms with E-state index in [9.17, 15) is 4.79 Å². The Balaban J connectivity index is 1.64. The number of hydrogen-bond donors (Lipinski definition) is 2. The molecule has 6 heteroatoms. The van der Waals surface area contributed by atoms with Crippen LogP contribution in [0, 0.1) is 5.92 Å². The van der Waals surface area contributed by atoms with Gasteiger partial charge in [-0.15, -0.1) is 0 Å². The van der Waals surface area contributed by atoms with Gasteiger partial charge in [-0.05, 0) is 38.1 Å². The van der Waals surface area contributed by atoms with E-state index in [0.717, 1.165) is 37.0 Å². The molecule has 1 aromatic carbocycles. The molecule has 0 saturated carbocycles. The number of para-hydroxylation sites is 1. The van der Waals surface area contributed by atoms with Gasteiger partial charge in [0.05, 0.1) is 12.2 Å². The van der Waals surface area contributed by atoms with Crippen LogP contribution >= 0.6 is 0 Å². The number of benzene rings is 1. The van der Waals surface area contributed by atoms with Crippen LogP contribution in [0.5, 0.6) is 0 Å². The lowest BCUT2D eigenvalue weighted by atomic mass is 9.96. The van der Waals surface area contributed by atoms with E-state index in [4.69, 9.17) is 10.2 Å². The van der Waals surface area contributed by atoms with Gasteiger partial charge in [0.15, 0.2) is 5.58 Å². The lowest BCUT2D eigenvalue weighted by Gasteiger charge is -2.29. The standard InChI is InChI=1S/C15H20N4O2/c1-17-15(20)10-5-7-19(8-6-10)9-13-18-14-11(16)3-2-4-12(14)21-13/h2-4,10H,5-9,16H2,1H3,(H,17,20). The van der Waals surface area contributed by atoms with Crippen LogP contribution in [0.4, 0.5) is 5.69 Å². The minimum atomic E-state index is 0.130. The number of nitrogen functional groups attached to an aromatic ring is 1. The molecule has 1 aliphatic heterocycles. The maximum Gasteiger partial charge on any atom is 0.222 e. The summed E-state index contributed by atoms with van der Waals surface area (Å²) in [5, 5.41) is 2.72. The van der Waals surface area contributed by atoms with E-state index in [0.29, 0.717) is 18.1 Å². The second-order valence-electron chi connectivity index (χ2n) is 5.47. The van der Waals surface area contributed by atoms with Gasteiger partial charge in [-0.1, -0.05) is 6.07 Å². The van der Waals surface area contributed by atoms with Crippen molar-refractivity contribution < 1.29 is 9.21 Å². The number of nitrogens with one attached hydrogen (secondary N) is 1. The number of nitrogens with zero attached hydrogens (tertiary/aromatic N) is 2. The van der Waals surface area contributed by atoms with Crippen molar-refractivity contribution in [1.29, 1.82) is 0 Å². The van der Waals surface area contributed by atoms with Gasteiger partial charge >= 0.3 is 0 Å². The van der Waals surface area contributed by atoms with Crippen LogP contribution in [-0.4, -0.2) is 35.9 Å². The Bertz CT molecular complexity index is 644. The summed E-state index contributed by atoms with van der Waals surface area (Å²) in [5.41, 5.74) is 7.99. The van der Waals surface area contributed by atoms with E-state index in [1.165, 1.54) is 0 Å². The van der Waals surface area contributed by atoms with Gasteiger partial charge < -0.3 is 15.5 Å². The second-order valence-corrected chi connectivity index (χ2v) is 5.47. The Labute approximate surface area is 123 Å². The summed E-state index contributed by atoms with van der Waals surface area (Å²) in [4.78, 5) is 18.3. The molecule has 3 N–H and O–H groups in total. The van der Waals surface area contributed by atoms with E-state index < -0.39 is 0 Å². The molecule has 1 aromatic heterocycles. The number of carbonyl (C=O) groups is 1. The normalized spacial score (nSPS) is 17.2. The molecular weight excluding hydrogens is 268 g/mol. The summed E-state index contributed by atoms with van der Waals surface area (Å²) in [6.45, 7) is 2.42. The first-order chi connectivity index (χ1) is 10.2. The molecular formula is C15H20N4O2. The van der Waals surface area contributed by atoms with Gasteiger partial charge in [-0.2, -0.15) is 0 Å². The lowest BCUT2D eigenvalue weighted by molar-refractivity contribution is -0.125. The summed E-state index contributed by atoms with van der Waals surface area (Å²) in [6, 6.07) is 5.56. The van der Waals surface area contributed by atoms with Crippen LogP contribution in [0.2, 0.25) is 0 Å². The first-order valence-electron chi connectivity index (χ1n) is 7.25. The Kier molecular flexibility index (Phi) is 3.79. The molecule has 0 atom stereocenters. The highest BCUT2D eigenvalue weighted by molar-refractivity contribution is 5.85. The quantitative estimate of drug-likeness (QED) is 0.833. The number of hydrogen-bond acceptors (Lipinski definition) is 5. The molecule has 0 spiro atoms. The van der Waals surface area contributed by atoms with Crippen LogP contribution in [-0.2, 0) is 11.3 Å². The maximum atomic E-state index is 11.6. The first kappa shape index (κ1) is 13.9. The van der Waals surface area contributed by atoms with Crippen molar-refractivity contribution >= 4 is 22.7 Å². The third-order valence-corrected chi connectivity index (χ3v) is 4.06. The van der Waals surface area contributed by atoms with Crippen molar-refractivity contribution in [3.05, 3.63) is 24.1 Å². The van der Waals surface area contributed by atoms with Crippen molar-refractivity contribution in [3.8, 4) is 0 Å². The molecule has 1 amide bonds. The number of fused-ring (bicyclic) bond motifs is 1. The molecule has 0 aliphatic carbocycles. The molecule has 2 heterocycles. The molecule has 1 saturated heterocycles. The lowest BCUT2D eigenvalue weighted by Crippen LogP contribution is -2.39. The van der Waals surface area contributed by atoms with Crippen molar-refractivity contribution in [2.24, 2.45) is 5.92 Å². The summed E-state index contributed by atoms with van der Waals surface area (Å²) >= 11 is 0. The molecule has 1 fully saturated rings. The minimum absolute atomic E-state index is 0.130. The van der Waals surface area contributed by atoms with E-state index in [1.807, 2.05) is 18.2 Å².